The highest BCUT2D eigenvalue weighted by Crippen LogP contribution is 2.21. The smallest absolute Gasteiger partial charge is 0.127 e. The van der Waals surface area contributed by atoms with Crippen LogP contribution in [0, 0.1) is 0 Å². The SMILES string of the molecule is c1ccc(CN2CCC(NCc3ccc(Oc4ccccc4)cc3)CC2)cc1. The van der Waals surface area contributed by atoms with E-state index in [9.17, 15) is 0 Å². The maximum absolute atomic E-state index is 5.86. The second-order valence-electron chi connectivity index (χ2n) is 7.48. The van der Waals surface area contributed by atoms with Gasteiger partial charge >= 0.3 is 0 Å². The standard InChI is InChI=1S/C25H28N2O/c1-3-7-22(8-4-1)20-27-17-15-23(16-18-27)26-19-21-11-13-25(14-12-21)28-24-9-5-2-6-10-24/h1-14,23,26H,15-20H2. The van der Waals surface area contributed by atoms with E-state index in [0.29, 0.717) is 6.04 Å². The number of piperidine rings is 1. The Kier molecular flexibility index (Phi) is 6.38. The Bertz CT molecular complexity index is 825. The molecule has 1 N–H and O–H groups in total. The number of rotatable bonds is 7. The second-order valence-corrected chi connectivity index (χ2v) is 7.48. The molecule has 0 spiro atoms. The molecule has 3 aromatic rings. The number of hydrogen-bond acceptors (Lipinski definition) is 3. The van der Waals surface area contributed by atoms with Crippen LogP contribution < -0.4 is 10.1 Å². The van der Waals surface area contributed by atoms with Gasteiger partial charge in [-0.15, -0.1) is 0 Å². The van der Waals surface area contributed by atoms with Gasteiger partial charge in [0.25, 0.3) is 0 Å². The molecule has 3 aromatic carbocycles. The van der Waals surface area contributed by atoms with E-state index in [-0.39, 0.29) is 0 Å². The lowest BCUT2D eigenvalue weighted by Gasteiger charge is -2.32. The summed E-state index contributed by atoms with van der Waals surface area (Å²) in [7, 11) is 0. The summed E-state index contributed by atoms with van der Waals surface area (Å²) in [6.45, 7) is 4.30. The van der Waals surface area contributed by atoms with Gasteiger partial charge in [0, 0.05) is 19.1 Å². The molecule has 3 heteroatoms. The monoisotopic (exact) mass is 372 g/mol. The molecular formula is C25H28N2O. The van der Waals surface area contributed by atoms with Crippen LogP contribution in [0.1, 0.15) is 24.0 Å². The van der Waals surface area contributed by atoms with E-state index < -0.39 is 0 Å². The second kappa shape index (κ2) is 9.54. The third-order valence-electron chi connectivity index (χ3n) is 5.33. The molecule has 28 heavy (non-hydrogen) atoms. The third kappa shape index (κ3) is 5.44. The number of likely N-dealkylation sites (tertiary alicyclic amines) is 1. The van der Waals surface area contributed by atoms with Crippen LogP contribution in [0.25, 0.3) is 0 Å². The molecule has 0 aliphatic carbocycles. The highest BCUT2D eigenvalue weighted by Gasteiger charge is 2.18. The van der Waals surface area contributed by atoms with Crippen molar-refractivity contribution in [1.82, 2.24) is 10.2 Å². The lowest BCUT2D eigenvalue weighted by atomic mass is 10.0. The Morgan fingerprint density at radius 2 is 1.32 bits per heavy atom. The molecule has 0 saturated carbocycles. The van der Waals surface area contributed by atoms with Gasteiger partial charge in [-0.05, 0) is 61.3 Å². The first-order valence-electron chi connectivity index (χ1n) is 10.2. The molecule has 0 radical (unpaired) electrons. The fourth-order valence-electron chi connectivity index (χ4n) is 3.70. The van der Waals surface area contributed by atoms with Crippen LogP contribution in [0.2, 0.25) is 0 Å². The predicted molar refractivity (Wildman–Crippen MR) is 115 cm³/mol. The zero-order chi connectivity index (χ0) is 19.0. The molecule has 3 nitrogen and oxygen atoms in total. The van der Waals surface area contributed by atoms with E-state index in [4.69, 9.17) is 4.74 Å². The van der Waals surface area contributed by atoms with Gasteiger partial charge in [0.15, 0.2) is 0 Å². The Morgan fingerprint density at radius 1 is 0.714 bits per heavy atom. The van der Waals surface area contributed by atoms with Gasteiger partial charge in [0.2, 0.25) is 0 Å². The van der Waals surface area contributed by atoms with Crippen LogP contribution in [0.15, 0.2) is 84.9 Å². The van der Waals surface area contributed by atoms with Crippen molar-refractivity contribution in [1.29, 1.82) is 0 Å². The van der Waals surface area contributed by atoms with Crippen molar-refractivity contribution >= 4 is 0 Å². The Morgan fingerprint density at radius 3 is 2.00 bits per heavy atom. The lowest BCUT2D eigenvalue weighted by Crippen LogP contribution is -2.41. The highest BCUT2D eigenvalue weighted by atomic mass is 16.5. The van der Waals surface area contributed by atoms with Crippen molar-refractivity contribution in [2.75, 3.05) is 13.1 Å². The lowest BCUT2D eigenvalue weighted by molar-refractivity contribution is 0.190. The van der Waals surface area contributed by atoms with Crippen molar-refractivity contribution in [3.63, 3.8) is 0 Å². The number of para-hydroxylation sites is 1. The molecule has 0 amide bonds. The molecule has 4 rings (SSSR count). The van der Waals surface area contributed by atoms with Crippen molar-refractivity contribution in [3.8, 4) is 11.5 Å². The maximum Gasteiger partial charge on any atom is 0.127 e. The fraction of sp³-hybridized carbons (Fsp3) is 0.280. The molecule has 1 saturated heterocycles. The predicted octanol–water partition coefficient (Wildman–Crippen LogP) is 5.23. The number of nitrogens with zero attached hydrogens (tertiary/aromatic N) is 1. The molecule has 0 unspecified atom stereocenters. The van der Waals surface area contributed by atoms with Gasteiger partial charge in [0.1, 0.15) is 11.5 Å². The van der Waals surface area contributed by atoms with Gasteiger partial charge in [-0.25, -0.2) is 0 Å². The summed E-state index contributed by atoms with van der Waals surface area (Å²) in [5.74, 6) is 1.75. The largest absolute Gasteiger partial charge is 0.457 e. The van der Waals surface area contributed by atoms with E-state index in [1.165, 1.54) is 24.0 Å². The van der Waals surface area contributed by atoms with Gasteiger partial charge in [-0.3, -0.25) is 4.90 Å². The molecule has 1 aliphatic heterocycles. The molecule has 0 bridgehead atoms. The van der Waals surface area contributed by atoms with Gasteiger partial charge < -0.3 is 10.1 Å². The summed E-state index contributed by atoms with van der Waals surface area (Å²) in [6, 6.07) is 29.7. The van der Waals surface area contributed by atoms with Gasteiger partial charge in [-0.2, -0.15) is 0 Å². The molecule has 1 heterocycles. The summed E-state index contributed by atoms with van der Waals surface area (Å²) in [6.07, 6.45) is 2.42. The van der Waals surface area contributed by atoms with E-state index in [2.05, 4.69) is 52.7 Å². The average molecular weight is 373 g/mol. The van der Waals surface area contributed by atoms with Crippen molar-refractivity contribution in [3.05, 3.63) is 96.1 Å². The van der Waals surface area contributed by atoms with Crippen molar-refractivity contribution in [2.45, 2.75) is 32.0 Å². The quantitative estimate of drug-likeness (QED) is 0.614. The van der Waals surface area contributed by atoms with Crippen molar-refractivity contribution < 1.29 is 4.74 Å². The van der Waals surface area contributed by atoms with E-state index >= 15 is 0 Å². The number of hydrogen-bond donors (Lipinski definition) is 1. The summed E-state index contributed by atoms with van der Waals surface area (Å²) in [4.78, 5) is 2.56. The third-order valence-corrected chi connectivity index (χ3v) is 5.33. The minimum absolute atomic E-state index is 0.604. The van der Waals surface area contributed by atoms with Crippen LogP contribution in [0.4, 0.5) is 0 Å². The average Bonchev–Trinajstić information content (AvgIpc) is 2.76. The molecule has 144 valence electrons. The van der Waals surface area contributed by atoms with Gasteiger partial charge in [-0.1, -0.05) is 60.7 Å². The normalized spacial score (nSPS) is 15.4. The molecule has 1 aliphatic rings. The van der Waals surface area contributed by atoms with Crippen LogP contribution >= 0.6 is 0 Å². The maximum atomic E-state index is 5.86. The first-order chi connectivity index (χ1) is 13.8. The van der Waals surface area contributed by atoms with Crippen LogP contribution in [-0.2, 0) is 13.1 Å². The molecule has 0 atom stereocenters. The van der Waals surface area contributed by atoms with Gasteiger partial charge in [0.05, 0.1) is 0 Å². The zero-order valence-corrected chi connectivity index (χ0v) is 16.3. The molecule has 1 fully saturated rings. The molecule has 0 aromatic heterocycles. The number of ether oxygens (including phenoxy) is 1. The topological polar surface area (TPSA) is 24.5 Å². The first kappa shape index (κ1) is 18.7. The highest BCUT2D eigenvalue weighted by molar-refractivity contribution is 5.32. The summed E-state index contributed by atoms with van der Waals surface area (Å²) >= 11 is 0. The Hall–Kier alpha value is -2.62. The van der Waals surface area contributed by atoms with E-state index in [1.807, 2.05) is 42.5 Å². The number of benzene rings is 3. The summed E-state index contributed by atoms with van der Waals surface area (Å²) in [5.41, 5.74) is 2.71. The zero-order valence-electron chi connectivity index (χ0n) is 16.3. The van der Waals surface area contributed by atoms with Crippen LogP contribution in [0.5, 0.6) is 11.5 Å². The van der Waals surface area contributed by atoms with Crippen LogP contribution in [0.3, 0.4) is 0 Å². The van der Waals surface area contributed by atoms with Crippen molar-refractivity contribution in [2.24, 2.45) is 0 Å². The summed E-state index contributed by atoms with van der Waals surface area (Å²) < 4.78 is 5.86. The first-order valence-corrected chi connectivity index (χ1v) is 10.2. The minimum atomic E-state index is 0.604. The van der Waals surface area contributed by atoms with E-state index in [0.717, 1.165) is 37.7 Å². The Balaban J connectivity index is 1.20. The van der Waals surface area contributed by atoms with Crippen LogP contribution in [-0.4, -0.2) is 24.0 Å². The number of nitrogens with one attached hydrogen (secondary N) is 1. The van der Waals surface area contributed by atoms with E-state index in [1.54, 1.807) is 0 Å². The summed E-state index contributed by atoms with van der Waals surface area (Å²) in [5, 5.41) is 3.72. The molecular weight excluding hydrogens is 344 g/mol. The fourth-order valence-corrected chi connectivity index (χ4v) is 3.70. The Labute approximate surface area is 168 Å². The minimum Gasteiger partial charge on any atom is -0.457 e.